The lowest BCUT2D eigenvalue weighted by atomic mass is 9.47. The van der Waals surface area contributed by atoms with Crippen molar-refractivity contribution in [2.45, 2.75) is 157 Å². The Morgan fingerprint density at radius 3 is 2.27 bits per heavy atom. The van der Waals surface area contributed by atoms with Crippen molar-refractivity contribution in [3.63, 3.8) is 0 Å². The van der Waals surface area contributed by atoms with E-state index in [1.807, 2.05) is 20.8 Å². The number of esters is 1. The van der Waals surface area contributed by atoms with Crippen molar-refractivity contribution in [1.29, 1.82) is 0 Å². The van der Waals surface area contributed by atoms with E-state index in [4.69, 9.17) is 18.0 Å². The van der Waals surface area contributed by atoms with Gasteiger partial charge in [0.25, 0.3) is 0 Å². The van der Waals surface area contributed by atoms with Crippen LogP contribution in [0.4, 0.5) is 0 Å². The van der Waals surface area contributed by atoms with Crippen molar-refractivity contribution in [3.05, 3.63) is 11.6 Å². The van der Waals surface area contributed by atoms with E-state index in [2.05, 4.69) is 46.0 Å². The molecule has 0 saturated heterocycles. The topological polar surface area (TPSA) is 83.1 Å². The van der Waals surface area contributed by atoms with E-state index in [-0.39, 0.29) is 36.2 Å². The Labute approximate surface area is 294 Å². The highest BCUT2D eigenvalue weighted by atomic mass is 28.4. The molecule has 1 amide bonds. The molecule has 0 aliphatic heterocycles. The molecule has 48 heavy (non-hydrogen) atoms. The van der Waals surface area contributed by atoms with Crippen LogP contribution in [0, 0.1) is 46.3 Å². The zero-order valence-electron chi connectivity index (χ0n) is 32.0. The van der Waals surface area contributed by atoms with Gasteiger partial charge in [-0.05, 0) is 118 Å². The Hall–Kier alpha value is -1.22. The standard InChI is InChI=1S/C40H71NO6Si/c1-9-44-48(45-10-2,46-11-3)27-13-26-41-37(42)20-21-38(43)47-32-22-24-39(7)31(28-32)16-17-33-35-19-18-34(30(6)15-12-14-29(4)5)40(35,8)25-23-36(33)39/h16,29-30,32-36H,9-15,17-28H2,1-8H3,(H,41,42)/t30-,32?,33+,34-,35+,36+,39+,40-/m1/s1. The summed E-state index contributed by atoms with van der Waals surface area (Å²) in [6.07, 6.45) is 17.3. The number of allylic oxidation sites excluding steroid dienone is 1. The molecule has 0 bridgehead atoms. The molecular formula is C40H71NO6Si. The molecule has 7 nitrogen and oxygen atoms in total. The van der Waals surface area contributed by atoms with E-state index in [1.54, 1.807) is 0 Å². The van der Waals surface area contributed by atoms with Gasteiger partial charge in [0.15, 0.2) is 0 Å². The van der Waals surface area contributed by atoms with Crippen molar-refractivity contribution in [2.24, 2.45) is 46.3 Å². The molecule has 1 N–H and O–H groups in total. The third-order valence-electron chi connectivity index (χ3n) is 13.2. The summed E-state index contributed by atoms with van der Waals surface area (Å²) in [7, 11) is -2.71. The molecule has 0 spiro atoms. The van der Waals surface area contributed by atoms with Gasteiger partial charge in [0.1, 0.15) is 6.10 Å². The fraction of sp³-hybridized carbons (Fsp3) is 0.900. The Kier molecular flexibility index (Phi) is 14.7. The van der Waals surface area contributed by atoms with E-state index < -0.39 is 8.80 Å². The molecule has 276 valence electrons. The van der Waals surface area contributed by atoms with E-state index in [0.29, 0.717) is 44.2 Å². The molecule has 4 rings (SSSR count). The first-order chi connectivity index (χ1) is 22.9. The van der Waals surface area contributed by atoms with Crippen molar-refractivity contribution in [2.75, 3.05) is 26.4 Å². The number of carbonyl (C=O) groups excluding carboxylic acids is 2. The highest BCUT2D eigenvalue weighted by molar-refractivity contribution is 6.60. The smallest absolute Gasteiger partial charge is 0.462 e. The largest absolute Gasteiger partial charge is 0.500 e. The summed E-state index contributed by atoms with van der Waals surface area (Å²) in [5, 5.41) is 2.95. The number of rotatable bonds is 19. The Balaban J connectivity index is 1.22. The van der Waals surface area contributed by atoms with Gasteiger partial charge in [0, 0.05) is 45.3 Å². The van der Waals surface area contributed by atoms with Crippen molar-refractivity contribution >= 4 is 20.7 Å². The fourth-order valence-corrected chi connectivity index (χ4v) is 13.4. The van der Waals surface area contributed by atoms with Crippen LogP contribution < -0.4 is 5.32 Å². The molecule has 8 heteroatoms. The minimum atomic E-state index is -2.71. The maximum Gasteiger partial charge on any atom is 0.500 e. The minimum Gasteiger partial charge on any atom is -0.462 e. The number of ether oxygens (including phenoxy) is 1. The third-order valence-corrected chi connectivity index (χ3v) is 16.3. The fourth-order valence-electron chi connectivity index (χ4n) is 10.8. The lowest BCUT2D eigenvalue weighted by Crippen LogP contribution is -2.51. The molecule has 0 aromatic rings. The van der Waals surface area contributed by atoms with Crippen LogP contribution in [0.25, 0.3) is 0 Å². The van der Waals surface area contributed by atoms with Crippen LogP contribution in [0.15, 0.2) is 11.6 Å². The van der Waals surface area contributed by atoms with Gasteiger partial charge in [-0.25, -0.2) is 0 Å². The van der Waals surface area contributed by atoms with Gasteiger partial charge in [-0.1, -0.05) is 65.5 Å². The molecule has 3 fully saturated rings. The van der Waals surface area contributed by atoms with Crippen molar-refractivity contribution in [1.82, 2.24) is 5.32 Å². The zero-order chi connectivity index (χ0) is 35.0. The summed E-state index contributed by atoms with van der Waals surface area (Å²) in [6, 6.07) is 0.654. The van der Waals surface area contributed by atoms with Crippen molar-refractivity contribution in [3.8, 4) is 0 Å². The zero-order valence-corrected chi connectivity index (χ0v) is 33.0. The summed E-state index contributed by atoms with van der Waals surface area (Å²) in [6.45, 7) is 20.4. The van der Waals surface area contributed by atoms with E-state index in [9.17, 15) is 9.59 Å². The predicted molar refractivity (Wildman–Crippen MR) is 195 cm³/mol. The van der Waals surface area contributed by atoms with Gasteiger partial charge < -0.3 is 23.3 Å². The van der Waals surface area contributed by atoms with E-state index in [1.165, 1.54) is 56.9 Å². The maximum absolute atomic E-state index is 12.8. The second kappa shape index (κ2) is 17.8. The molecule has 8 atom stereocenters. The summed E-state index contributed by atoms with van der Waals surface area (Å²) in [4.78, 5) is 25.4. The summed E-state index contributed by atoms with van der Waals surface area (Å²) in [5.74, 6) is 4.58. The van der Waals surface area contributed by atoms with Crippen LogP contribution in [0.1, 0.15) is 145 Å². The van der Waals surface area contributed by atoms with Crippen LogP contribution in [0.2, 0.25) is 6.04 Å². The van der Waals surface area contributed by atoms with Crippen LogP contribution in [0.5, 0.6) is 0 Å². The first-order valence-electron chi connectivity index (χ1n) is 20.0. The number of fused-ring (bicyclic) bond motifs is 5. The lowest BCUT2D eigenvalue weighted by Gasteiger charge is -2.58. The monoisotopic (exact) mass is 690 g/mol. The van der Waals surface area contributed by atoms with Crippen molar-refractivity contribution < 1.29 is 27.6 Å². The highest BCUT2D eigenvalue weighted by Gasteiger charge is 2.59. The summed E-state index contributed by atoms with van der Waals surface area (Å²) >= 11 is 0. The number of carbonyl (C=O) groups is 2. The van der Waals surface area contributed by atoms with Gasteiger partial charge in [0.2, 0.25) is 5.91 Å². The number of hydrogen-bond donors (Lipinski definition) is 1. The van der Waals surface area contributed by atoms with Gasteiger partial charge in [-0.3, -0.25) is 9.59 Å². The Morgan fingerprint density at radius 2 is 1.60 bits per heavy atom. The highest BCUT2D eigenvalue weighted by Crippen LogP contribution is 2.67. The SMILES string of the molecule is CCO[Si](CCCNC(=O)CCC(=O)OC1CC[C@@]2(C)C(=CC[C@H]3[C@@H]4CC[C@H]([C@H](C)CCCC(C)C)[C@@]4(C)CC[C@@H]32)C1)(OCC)OCC. The molecule has 0 heterocycles. The molecule has 0 aromatic carbocycles. The molecule has 1 unspecified atom stereocenters. The first kappa shape index (κ1) is 39.6. The number of nitrogens with one attached hydrogen (secondary N) is 1. The minimum absolute atomic E-state index is 0.0679. The van der Waals surface area contributed by atoms with E-state index in [0.717, 1.165) is 54.8 Å². The number of amides is 1. The third kappa shape index (κ3) is 9.35. The van der Waals surface area contributed by atoms with Gasteiger partial charge in [-0.2, -0.15) is 0 Å². The Morgan fingerprint density at radius 1 is 0.896 bits per heavy atom. The normalized spacial score (nSPS) is 32.2. The molecule has 3 saturated carbocycles. The second-order valence-corrected chi connectivity index (χ2v) is 19.3. The second-order valence-electron chi connectivity index (χ2n) is 16.6. The molecular weight excluding hydrogens is 619 g/mol. The predicted octanol–water partition coefficient (Wildman–Crippen LogP) is 9.27. The van der Waals surface area contributed by atoms with Gasteiger partial charge in [-0.15, -0.1) is 0 Å². The molecule has 4 aliphatic rings. The summed E-state index contributed by atoms with van der Waals surface area (Å²) in [5.41, 5.74) is 2.28. The summed E-state index contributed by atoms with van der Waals surface area (Å²) < 4.78 is 23.7. The van der Waals surface area contributed by atoms with Gasteiger partial charge >= 0.3 is 14.8 Å². The van der Waals surface area contributed by atoms with Crippen LogP contribution in [-0.2, 0) is 27.6 Å². The lowest BCUT2D eigenvalue weighted by molar-refractivity contribution is -0.152. The first-order valence-corrected chi connectivity index (χ1v) is 21.9. The van der Waals surface area contributed by atoms with Crippen LogP contribution >= 0.6 is 0 Å². The number of hydrogen-bond acceptors (Lipinski definition) is 6. The molecule has 4 aliphatic carbocycles. The van der Waals surface area contributed by atoms with E-state index >= 15 is 0 Å². The average Bonchev–Trinajstić information content (AvgIpc) is 3.40. The molecule has 0 radical (unpaired) electrons. The van der Waals surface area contributed by atoms with Crippen LogP contribution in [-0.4, -0.2) is 53.2 Å². The molecule has 0 aromatic heterocycles. The maximum atomic E-state index is 12.8. The quantitative estimate of drug-likeness (QED) is 0.0630. The van der Waals surface area contributed by atoms with Gasteiger partial charge in [0.05, 0.1) is 6.42 Å². The van der Waals surface area contributed by atoms with Crippen LogP contribution in [0.3, 0.4) is 0 Å². The Bertz CT molecular complexity index is 1060. The average molecular weight is 690 g/mol.